The summed E-state index contributed by atoms with van der Waals surface area (Å²) in [5.41, 5.74) is 0.239. The van der Waals surface area contributed by atoms with Crippen molar-refractivity contribution in [3.63, 3.8) is 0 Å². The quantitative estimate of drug-likeness (QED) is 0.696. The maximum absolute atomic E-state index is 13.1. The molecule has 1 aliphatic heterocycles. The van der Waals surface area contributed by atoms with E-state index in [0.29, 0.717) is 19.4 Å². The number of carbonyl (C=O) groups is 2. The molecule has 1 aliphatic rings. The molecule has 1 unspecified atom stereocenters. The molecule has 2 amide bonds. The molecule has 166 valence electrons. The van der Waals surface area contributed by atoms with Gasteiger partial charge in [0.1, 0.15) is 18.5 Å². The minimum Gasteiger partial charge on any atom is -0.444 e. The zero-order valence-electron chi connectivity index (χ0n) is 17.8. The van der Waals surface area contributed by atoms with Crippen molar-refractivity contribution in [3.8, 4) is 0 Å². The molecule has 3 rings (SSSR count). The van der Waals surface area contributed by atoms with E-state index in [4.69, 9.17) is 21.1 Å². The van der Waals surface area contributed by atoms with E-state index in [9.17, 15) is 9.59 Å². The zero-order valence-corrected chi connectivity index (χ0v) is 18.6. The van der Waals surface area contributed by atoms with E-state index in [1.165, 1.54) is 11.2 Å². The molecule has 0 saturated carbocycles. The number of amides is 2. The number of piperidine rings is 1. The lowest BCUT2D eigenvalue weighted by atomic mass is 10.0. The van der Waals surface area contributed by atoms with Gasteiger partial charge in [-0.3, -0.25) is 0 Å². The summed E-state index contributed by atoms with van der Waals surface area (Å²) in [7, 11) is 0. The lowest BCUT2D eigenvalue weighted by molar-refractivity contribution is 0.0194. The van der Waals surface area contributed by atoms with Crippen molar-refractivity contribution >= 4 is 29.7 Å². The van der Waals surface area contributed by atoms with E-state index >= 15 is 0 Å². The number of anilines is 1. The molecule has 10 heteroatoms. The van der Waals surface area contributed by atoms with Gasteiger partial charge in [-0.2, -0.15) is 4.98 Å². The van der Waals surface area contributed by atoms with Crippen LogP contribution in [0.5, 0.6) is 0 Å². The van der Waals surface area contributed by atoms with Crippen LogP contribution in [0.25, 0.3) is 0 Å². The molecule has 2 aromatic rings. The van der Waals surface area contributed by atoms with Crippen molar-refractivity contribution in [3.05, 3.63) is 47.5 Å². The van der Waals surface area contributed by atoms with Crippen LogP contribution in [0, 0.1) is 0 Å². The standard InChI is InChI=1S/C21H26ClN5O4/c1-21(2,3)31-19(28)26-11-7-10-16(12-26)27(18-24-14-23-17(22)25-18)20(29)30-13-15-8-5-4-6-9-15/h4-6,8-9,14,16H,7,10-13H2,1-3H3. The first kappa shape index (κ1) is 22.7. The Morgan fingerprint density at radius 3 is 2.65 bits per heavy atom. The predicted octanol–water partition coefficient (Wildman–Crippen LogP) is 4.07. The Labute approximate surface area is 186 Å². The Hall–Kier alpha value is -2.94. The van der Waals surface area contributed by atoms with Crippen LogP contribution in [0.1, 0.15) is 39.2 Å². The van der Waals surface area contributed by atoms with Gasteiger partial charge in [0.25, 0.3) is 0 Å². The smallest absolute Gasteiger partial charge is 0.417 e. The van der Waals surface area contributed by atoms with Gasteiger partial charge in [0.2, 0.25) is 11.2 Å². The number of likely N-dealkylation sites (tertiary alicyclic amines) is 1. The number of carbonyl (C=O) groups excluding carboxylic acids is 2. The maximum Gasteiger partial charge on any atom is 0.417 e. The number of halogens is 1. The predicted molar refractivity (Wildman–Crippen MR) is 115 cm³/mol. The highest BCUT2D eigenvalue weighted by atomic mass is 35.5. The van der Waals surface area contributed by atoms with Crippen molar-refractivity contribution in [2.24, 2.45) is 0 Å². The summed E-state index contributed by atoms with van der Waals surface area (Å²) in [5, 5.41) is -0.0364. The SMILES string of the molecule is CC(C)(C)OC(=O)N1CCCC(N(C(=O)OCc2ccccc2)c2ncnc(Cl)n2)C1. The number of nitrogens with zero attached hydrogens (tertiary/aromatic N) is 5. The van der Waals surface area contributed by atoms with Gasteiger partial charge in [-0.25, -0.2) is 24.5 Å². The first-order valence-electron chi connectivity index (χ1n) is 10.1. The van der Waals surface area contributed by atoms with Crippen molar-refractivity contribution in [1.82, 2.24) is 19.9 Å². The third kappa shape index (κ3) is 6.52. The molecule has 9 nitrogen and oxygen atoms in total. The minimum absolute atomic E-state index is 0.0364. The molecule has 1 aromatic carbocycles. The monoisotopic (exact) mass is 447 g/mol. The largest absolute Gasteiger partial charge is 0.444 e. The highest BCUT2D eigenvalue weighted by molar-refractivity contribution is 6.28. The average molecular weight is 448 g/mol. The van der Waals surface area contributed by atoms with Crippen LogP contribution in [-0.2, 0) is 16.1 Å². The molecule has 0 aliphatic carbocycles. The van der Waals surface area contributed by atoms with Crippen molar-refractivity contribution in [2.45, 2.75) is 51.9 Å². The van der Waals surface area contributed by atoms with Gasteiger partial charge < -0.3 is 14.4 Å². The van der Waals surface area contributed by atoms with Gasteiger partial charge in [0, 0.05) is 13.1 Å². The normalized spacial score (nSPS) is 16.5. The minimum atomic E-state index is -0.623. The number of benzene rings is 1. The van der Waals surface area contributed by atoms with E-state index in [1.54, 1.807) is 4.90 Å². The number of aromatic nitrogens is 3. The highest BCUT2D eigenvalue weighted by Gasteiger charge is 2.35. The molecule has 31 heavy (non-hydrogen) atoms. The van der Waals surface area contributed by atoms with Crippen LogP contribution in [0.3, 0.4) is 0 Å². The Kier molecular flexibility index (Phi) is 7.27. The second kappa shape index (κ2) is 9.91. The van der Waals surface area contributed by atoms with Gasteiger partial charge >= 0.3 is 12.2 Å². The van der Waals surface area contributed by atoms with Gasteiger partial charge in [-0.15, -0.1) is 0 Å². The molecule has 1 aromatic heterocycles. The summed E-state index contributed by atoms with van der Waals surface area (Å²) >= 11 is 5.93. The van der Waals surface area contributed by atoms with E-state index < -0.39 is 23.8 Å². The fraction of sp³-hybridized carbons (Fsp3) is 0.476. The Morgan fingerprint density at radius 2 is 1.97 bits per heavy atom. The second-order valence-corrected chi connectivity index (χ2v) is 8.53. The molecule has 0 bridgehead atoms. The fourth-order valence-electron chi connectivity index (χ4n) is 3.23. The van der Waals surface area contributed by atoms with Crippen LogP contribution < -0.4 is 4.90 Å². The summed E-state index contributed by atoms with van der Waals surface area (Å²) in [5.74, 6) is 0.0779. The maximum atomic E-state index is 13.1. The summed E-state index contributed by atoms with van der Waals surface area (Å²) in [6.07, 6.45) is 1.51. The molecule has 1 saturated heterocycles. The lowest BCUT2D eigenvalue weighted by Crippen LogP contribution is -2.53. The zero-order chi connectivity index (χ0) is 22.4. The van der Waals surface area contributed by atoms with Crippen LogP contribution in [0.2, 0.25) is 5.28 Å². The van der Waals surface area contributed by atoms with Crippen molar-refractivity contribution < 1.29 is 19.1 Å². The van der Waals surface area contributed by atoms with E-state index in [0.717, 1.165) is 5.56 Å². The molecule has 0 N–H and O–H groups in total. The van der Waals surface area contributed by atoms with E-state index in [-0.39, 0.29) is 24.4 Å². The van der Waals surface area contributed by atoms with Crippen molar-refractivity contribution in [2.75, 3.05) is 18.0 Å². The van der Waals surface area contributed by atoms with Crippen LogP contribution in [-0.4, -0.2) is 56.8 Å². The topological polar surface area (TPSA) is 97.8 Å². The number of hydrogen-bond acceptors (Lipinski definition) is 7. The fourth-order valence-corrected chi connectivity index (χ4v) is 3.34. The molecule has 0 radical (unpaired) electrons. The van der Waals surface area contributed by atoms with Gasteiger partial charge in [-0.05, 0) is 50.8 Å². The first-order chi connectivity index (χ1) is 14.7. The van der Waals surface area contributed by atoms with Gasteiger partial charge in [0.15, 0.2) is 0 Å². The Morgan fingerprint density at radius 1 is 1.23 bits per heavy atom. The molecule has 1 atom stereocenters. The van der Waals surface area contributed by atoms with Crippen molar-refractivity contribution in [1.29, 1.82) is 0 Å². The average Bonchev–Trinajstić information content (AvgIpc) is 2.72. The second-order valence-electron chi connectivity index (χ2n) is 8.19. The lowest BCUT2D eigenvalue weighted by Gasteiger charge is -2.38. The third-order valence-corrected chi connectivity index (χ3v) is 4.74. The molecular formula is C21H26ClN5O4. The van der Waals surface area contributed by atoms with Gasteiger partial charge in [-0.1, -0.05) is 30.3 Å². The van der Waals surface area contributed by atoms with Crippen LogP contribution in [0.15, 0.2) is 36.7 Å². The molecule has 1 fully saturated rings. The number of hydrogen-bond donors (Lipinski definition) is 0. The van der Waals surface area contributed by atoms with E-state index in [1.807, 2.05) is 51.1 Å². The Balaban J connectivity index is 1.78. The summed E-state index contributed by atoms with van der Waals surface area (Å²) < 4.78 is 11.0. The molecule has 2 heterocycles. The van der Waals surface area contributed by atoms with Gasteiger partial charge in [0.05, 0.1) is 6.04 Å². The molecule has 0 spiro atoms. The summed E-state index contributed by atoms with van der Waals surface area (Å²) in [6, 6.07) is 8.95. The third-order valence-electron chi connectivity index (χ3n) is 4.56. The number of rotatable bonds is 4. The van der Waals surface area contributed by atoms with E-state index in [2.05, 4.69) is 15.0 Å². The number of ether oxygens (including phenoxy) is 2. The summed E-state index contributed by atoms with van der Waals surface area (Å²) in [4.78, 5) is 40.5. The summed E-state index contributed by atoms with van der Waals surface area (Å²) in [6.45, 7) is 6.33. The van der Waals surface area contributed by atoms with Crippen LogP contribution in [0.4, 0.5) is 15.5 Å². The first-order valence-corrected chi connectivity index (χ1v) is 10.4. The van der Waals surface area contributed by atoms with Crippen LogP contribution >= 0.6 is 11.6 Å². The highest BCUT2D eigenvalue weighted by Crippen LogP contribution is 2.23. The molecular weight excluding hydrogens is 422 g/mol. The Bertz CT molecular complexity index is 906.